The van der Waals surface area contributed by atoms with Crippen LogP contribution in [-0.4, -0.2) is 31.7 Å². The Bertz CT molecular complexity index is 979. The van der Waals surface area contributed by atoms with Crippen LogP contribution in [0.25, 0.3) is 0 Å². The lowest BCUT2D eigenvalue weighted by Gasteiger charge is -2.20. The molecule has 0 saturated heterocycles. The van der Waals surface area contributed by atoms with Gasteiger partial charge >= 0.3 is 0 Å². The molecule has 0 radical (unpaired) electrons. The van der Waals surface area contributed by atoms with Crippen LogP contribution in [0.2, 0.25) is 5.02 Å². The Balaban J connectivity index is 2.34. The lowest BCUT2D eigenvalue weighted by atomic mass is 10.1. The van der Waals surface area contributed by atoms with Gasteiger partial charge in [0, 0.05) is 18.7 Å². The average Bonchev–Trinajstić information content (AvgIpc) is 2.64. The topological polar surface area (TPSA) is 66.5 Å². The molecule has 0 heterocycles. The van der Waals surface area contributed by atoms with Crippen LogP contribution in [-0.2, 0) is 10.0 Å². The quantitative estimate of drug-likeness (QED) is 0.717. The smallest absolute Gasteiger partial charge is 0.253 e. The summed E-state index contributed by atoms with van der Waals surface area (Å²) in [5.41, 5.74) is -0.102. The number of carbonyl (C=O) groups excluding carboxylic acids is 1. The van der Waals surface area contributed by atoms with E-state index in [-0.39, 0.29) is 34.1 Å². The van der Waals surface area contributed by atoms with Crippen molar-refractivity contribution in [2.75, 3.05) is 13.1 Å². The summed E-state index contributed by atoms with van der Waals surface area (Å²) in [6.07, 6.45) is 0. The van der Waals surface area contributed by atoms with Gasteiger partial charge < -0.3 is 5.32 Å². The van der Waals surface area contributed by atoms with Crippen LogP contribution < -0.4 is 5.32 Å². The monoisotopic (exact) mass is 430 g/mol. The zero-order chi connectivity index (χ0) is 21.1. The SMILES string of the molecule is CCN(CC)S(=O)(=O)c1ccc(Cl)c(C(=O)NC(C)c2cc(F)ccc2F)c1. The molecule has 0 fully saturated rings. The molecule has 0 spiro atoms. The molecule has 2 rings (SSSR count). The van der Waals surface area contributed by atoms with E-state index in [0.29, 0.717) is 0 Å². The first-order valence-electron chi connectivity index (χ1n) is 8.67. The molecule has 0 aliphatic rings. The number of nitrogens with one attached hydrogen (secondary N) is 1. The van der Waals surface area contributed by atoms with Crippen LogP contribution in [0, 0.1) is 11.6 Å². The third kappa shape index (κ3) is 4.68. The summed E-state index contributed by atoms with van der Waals surface area (Å²) in [7, 11) is -3.78. The van der Waals surface area contributed by atoms with Crippen molar-refractivity contribution in [1.82, 2.24) is 9.62 Å². The second-order valence-electron chi connectivity index (χ2n) is 6.09. The number of hydrogen-bond acceptors (Lipinski definition) is 3. The van der Waals surface area contributed by atoms with Crippen molar-refractivity contribution in [1.29, 1.82) is 0 Å². The summed E-state index contributed by atoms with van der Waals surface area (Å²) in [4.78, 5) is 12.5. The summed E-state index contributed by atoms with van der Waals surface area (Å²) in [5, 5.41) is 2.56. The summed E-state index contributed by atoms with van der Waals surface area (Å²) in [5.74, 6) is -2.00. The first kappa shape index (κ1) is 22.3. The highest BCUT2D eigenvalue weighted by Crippen LogP contribution is 2.24. The molecule has 1 atom stereocenters. The largest absolute Gasteiger partial charge is 0.345 e. The molecule has 0 bridgehead atoms. The minimum atomic E-state index is -3.78. The van der Waals surface area contributed by atoms with Gasteiger partial charge in [0.25, 0.3) is 5.91 Å². The molecule has 2 aromatic rings. The molecule has 0 saturated carbocycles. The third-order valence-corrected chi connectivity index (χ3v) is 6.67. The highest BCUT2D eigenvalue weighted by atomic mass is 35.5. The van der Waals surface area contributed by atoms with Crippen molar-refractivity contribution in [2.24, 2.45) is 0 Å². The van der Waals surface area contributed by atoms with Gasteiger partial charge in [-0.3, -0.25) is 4.79 Å². The first-order chi connectivity index (χ1) is 13.1. The average molecular weight is 431 g/mol. The predicted molar refractivity (Wildman–Crippen MR) is 104 cm³/mol. The molecule has 28 heavy (non-hydrogen) atoms. The number of nitrogens with zero attached hydrogens (tertiary/aromatic N) is 1. The fourth-order valence-corrected chi connectivity index (χ4v) is 4.44. The Morgan fingerprint density at radius 1 is 1.14 bits per heavy atom. The van der Waals surface area contributed by atoms with E-state index in [1.54, 1.807) is 13.8 Å². The van der Waals surface area contributed by atoms with Gasteiger partial charge in [0.2, 0.25) is 10.0 Å². The van der Waals surface area contributed by atoms with Crippen molar-refractivity contribution in [2.45, 2.75) is 31.7 Å². The molecule has 152 valence electrons. The van der Waals surface area contributed by atoms with Crippen molar-refractivity contribution < 1.29 is 22.0 Å². The summed E-state index contributed by atoms with van der Waals surface area (Å²) in [6.45, 7) is 5.46. The molecular weight excluding hydrogens is 410 g/mol. The van der Waals surface area contributed by atoms with Gasteiger partial charge in [0.15, 0.2) is 0 Å². The lowest BCUT2D eigenvalue weighted by molar-refractivity contribution is 0.0939. The van der Waals surface area contributed by atoms with Crippen LogP contribution in [0.5, 0.6) is 0 Å². The molecule has 0 aliphatic carbocycles. The van der Waals surface area contributed by atoms with E-state index in [0.717, 1.165) is 18.2 Å². The minimum Gasteiger partial charge on any atom is -0.345 e. The molecule has 9 heteroatoms. The van der Waals surface area contributed by atoms with E-state index < -0.39 is 33.6 Å². The predicted octanol–water partition coefficient (Wildman–Crippen LogP) is 4.14. The zero-order valence-corrected chi connectivity index (χ0v) is 17.2. The van der Waals surface area contributed by atoms with Crippen LogP contribution in [0.15, 0.2) is 41.3 Å². The Hall–Kier alpha value is -2.03. The Morgan fingerprint density at radius 2 is 1.79 bits per heavy atom. The number of sulfonamides is 1. The number of halogens is 3. The van der Waals surface area contributed by atoms with Crippen molar-refractivity contribution in [3.8, 4) is 0 Å². The van der Waals surface area contributed by atoms with E-state index in [9.17, 15) is 22.0 Å². The molecule has 1 unspecified atom stereocenters. The van der Waals surface area contributed by atoms with Gasteiger partial charge in [-0.2, -0.15) is 4.31 Å². The Morgan fingerprint density at radius 3 is 2.39 bits per heavy atom. The summed E-state index contributed by atoms with van der Waals surface area (Å²) >= 11 is 6.07. The molecule has 1 N–H and O–H groups in total. The summed E-state index contributed by atoms with van der Waals surface area (Å²) in [6, 6.07) is 5.90. The van der Waals surface area contributed by atoms with Crippen molar-refractivity contribution in [3.63, 3.8) is 0 Å². The van der Waals surface area contributed by atoms with E-state index in [1.807, 2.05) is 0 Å². The molecule has 1 amide bonds. The Kier molecular flexibility index (Phi) is 7.14. The molecule has 5 nitrogen and oxygen atoms in total. The zero-order valence-electron chi connectivity index (χ0n) is 15.7. The number of carbonyl (C=O) groups is 1. The van der Waals surface area contributed by atoms with Crippen LogP contribution in [0.3, 0.4) is 0 Å². The maximum atomic E-state index is 13.9. The lowest BCUT2D eigenvalue weighted by Crippen LogP contribution is -2.31. The molecule has 0 aromatic heterocycles. The van der Waals surface area contributed by atoms with Crippen LogP contribution in [0.1, 0.15) is 42.7 Å². The molecule has 2 aromatic carbocycles. The second kappa shape index (κ2) is 8.98. The van der Waals surface area contributed by atoms with Gasteiger partial charge in [0.05, 0.1) is 21.5 Å². The fraction of sp³-hybridized carbons (Fsp3) is 0.316. The Labute approximate surface area is 168 Å². The number of amides is 1. The number of benzene rings is 2. The van der Waals surface area contributed by atoms with Crippen LogP contribution >= 0.6 is 11.6 Å². The van der Waals surface area contributed by atoms with Gasteiger partial charge in [-0.1, -0.05) is 25.4 Å². The van der Waals surface area contributed by atoms with E-state index in [1.165, 1.54) is 29.4 Å². The third-order valence-electron chi connectivity index (χ3n) is 4.30. The minimum absolute atomic E-state index is 0.0311. The van der Waals surface area contributed by atoms with Crippen LogP contribution in [0.4, 0.5) is 8.78 Å². The van der Waals surface area contributed by atoms with Crippen molar-refractivity contribution >= 4 is 27.5 Å². The molecule has 0 aliphatic heterocycles. The standard InChI is InChI=1S/C19H21ClF2N2O3S/c1-4-24(5-2)28(26,27)14-7-8-17(20)16(11-14)19(25)23-12(3)15-10-13(21)6-9-18(15)22/h6-12H,4-5H2,1-3H3,(H,23,25). The van der Waals surface area contributed by atoms with E-state index in [2.05, 4.69) is 5.32 Å². The number of hydrogen-bond donors (Lipinski definition) is 1. The van der Waals surface area contributed by atoms with Gasteiger partial charge in [-0.05, 0) is 43.3 Å². The summed E-state index contributed by atoms with van der Waals surface area (Å²) < 4.78 is 53.9. The van der Waals surface area contributed by atoms with E-state index in [4.69, 9.17) is 11.6 Å². The normalized spacial score (nSPS) is 12.8. The fourth-order valence-electron chi connectivity index (χ4n) is 2.75. The second-order valence-corrected chi connectivity index (χ2v) is 8.44. The van der Waals surface area contributed by atoms with Crippen molar-refractivity contribution in [3.05, 3.63) is 64.2 Å². The van der Waals surface area contributed by atoms with Gasteiger partial charge in [-0.25, -0.2) is 17.2 Å². The first-order valence-corrected chi connectivity index (χ1v) is 10.5. The number of rotatable bonds is 7. The maximum Gasteiger partial charge on any atom is 0.253 e. The van der Waals surface area contributed by atoms with Gasteiger partial charge in [0.1, 0.15) is 11.6 Å². The maximum absolute atomic E-state index is 13.9. The highest BCUT2D eigenvalue weighted by Gasteiger charge is 2.24. The highest BCUT2D eigenvalue weighted by molar-refractivity contribution is 7.89. The van der Waals surface area contributed by atoms with Gasteiger partial charge in [-0.15, -0.1) is 0 Å². The molecular formula is C19H21ClF2N2O3S. The van der Waals surface area contributed by atoms with E-state index >= 15 is 0 Å².